The molecule has 0 bridgehead atoms. The van der Waals surface area contributed by atoms with Crippen LogP contribution in [-0.4, -0.2) is 76.7 Å². The monoisotopic (exact) mass is 439 g/mol. The van der Waals surface area contributed by atoms with E-state index < -0.39 is 0 Å². The number of likely N-dealkylation sites (N-methyl/N-ethyl adjacent to an activating group) is 1. The Balaban J connectivity index is 1.23. The van der Waals surface area contributed by atoms with Crippen LogP contribution in [0.15, 0.2) is 52.4 Å². The highest BCUT2D eigenvalue weighted by molar-refractivity contribution is 5.75. The largest absolute Gasteiger partial charge is 0.476 e. The molecule has 0 atom stereocenters. The van der Waals surface area contributed by atoms with E-state index in [2.05, 4.69) is 37.1 Å². The zero-order chi connectivity index (χ0) is 22.3. The fraction of sp³-hybridized carbons (Fsp3) is 0.381. The predicted molar refractivity (Wildman–Crippen MR) is 116 cm³/mol. The Labute approximate surface area is 184 Å². The second-order valence-corrected chi connectivity index (χ2v) is 7.42. The molecule has 1 fully saturated rings. The summed E-state index contributed by atoms with van der Waals surface area (Å²) < 4.78 is 12.1. The lowest BCUT2D eigenvalue weighted by Gasteiger charge is -2.33. The molecule has 0 unspecified atom stereocenters. The van der Waals surface area contributed by atoms with Crippen LogP contribution in [0.2, 0.25) is 0 Å². The summed E-state index contributed by atoms with van der Waals surface area (Å²) in [7, 11) is 2.10. The minimum Gasteiger partial charge on any atom is -0.476 e. The Bertz CT molecular complexity index is 1090. The van der Waals surface area contributed by atoms with Crippen molar-refractivity contribution < 1.29 is 13.9 Å². The quantitative estimate of drug-likeness (QED) is 0.492. The third-order valence-electron chi connectivity index (χ3n) is 5.10. The molecule has 3 aromatic rings. The van der Waals surface area contributed by atoms with Crippen LogP contribution < -0.4 is 20.5 Å². The molecular formula is C21H25N7O4. The summed E-state index contributed by atoms with van der Waals surface area (Å²) in [5.74, 6) is 1.47. The lowest BCUT2D eigenvalue weighted by molar-refractivity contribution is -0.121. The number of aromatic nitrogens is 4. The van der Waals surface area contributed by atoms with Gasteiger partial charge in [-0.25, -0.2) is 15.0 Å². The van der Waals surface area contributed by atoms with Gasteiger partial charge in [-0.05, 0) is 19.2 Å². The summed E-state index contributed by atoms with van der Waals surface area (Å²) in [4.78, 5) is 41.5. The number of rotatable bonds is 8. The summed E-state index contributed by atoms with van der Waals surface area (Å²) in [6.45, 7) is 4.16. The third-order valence-corrected chi connectivity index (χ3v) is 5.10. The van der Waals surface area contributed by atoms with Crippen molar-refractivity contribution in [3.63, 3.8) is 0 Å². The molecule has 168 valence electrons. The second-order valence-electron chi connectivity index (χ2n) is 7.42. The van der Waals surface area contributed by atoms with E-state index in [-0.39, 0.29) is 31.2 Å². The molecule has 0 aromatic carbocycles. The Morgan fingerprint density at radius 2 is 2.03 bits per heavy atom. The number of anilines is 1. The summed E-state index contributed by atoms with van der Waals surface area (Å²) in [5, 5.41) is 2.72. The number of nitrogens with zero attached hydrogens (tertiary/aromatic N) is 6. The van der Waals surface area contributed by atoms with Crippen LogP contribution in [0, 0.1) is 0 Å². The van der Waals surface area contributed by atoms with E-state index in [4.69, 9.17) is 9.15 Å². The van der Waals surface area contributed by atoms with Crippen LogP contribution in [0.4, 0.5) is 5.82 Å². The smallest absolute Gasteiger partial charge is 0.254 e. The van der Waals surface area contributed by atoms with Gasteiger partial charge in [0, 0.05) is 38.3 Å². The summed E-state index contributed by atoms with van der Waals surface area (Å²) in [6, 6.07) is 6.57. The Kier molecular flexibility index (Phi) is 6.75. The standard InChI is InChI=1S/C21H25N7O4/c1-26-5-7-27(8-6-26)18-12-20(24-14-23-18)32-10-4-22-19(29)13-28-15-25-16(11-21(28)30)17-3-2-9-31-17/h2-3,9,11-12,14-15H,4-8,10,13H2,1H3,(H,22,29). The van der Waals surface area contributed by atoms with E-state index in [1.165, 1.54) is 29.6 Å². The third kappa shape index (κ3) is 5.49. The number of carbonyl (C=O) groups excluding carboxylic acids is 1. The van der Waals surface area contributed by atoms with Crippen molar-refractivity contribution in [2.45, 2.75) is 6.54 Å². The van der Waals surface area contributed by atoms with E-state index in [1.807, 2.05) is 0 Å². The Hall–Kier alpha value is -3.73. The molecule has 11 heteroatoms. The van der Waals surface area contributed by atoms with Crippen LogP contribution in [0.5, 0.6) is 5.88 Å². The van der Waals surface area contributed by atoms with E-state index in [9.17, 15) is 9.59 Å². The number of ether oxygens (including phenoxy) is 1. The van der Waals surface area contributed by atoms with Gasteiger partial charge in [0.2, 0.25) is 11.8 Å². The molecule has 4 heterocycles. The van der Waals surface area contributed by atoms with Crippen molar-refractivity contribution in [1.29, 1.82) is 0 Å². The zero-order valence-corrected chi connectivity index (χ0v) is 17.8. The number of carbonyl (C=O) groups is 1. The number of hydrogen-bond donors (Lipinski definition) is 1. The summed E-state index contributed by atoms with van der Waals surface area (Å²) >= 11 is 0. The number of piperazine rings is 1. The molecule has 11 nitrogen and oxygen atoms in total. The van der Waals surface area contributed by atoms with E-state index >= 15 is 0 Å². The summed E-state index contributed by atoms with van der Waals surface area (Å²) in [6.07, 6.45) is 4.32. The number of amides is 1. The number of nitrogens with one attached hydrogen (secondary N) is 1. The molecule has 1 saturated heterocycles. The maximum atomic E-state index is 12.2. The first-order valence-electron chi connectivity index (χ1n) is 10.3. The first-order valence-corrected chi connectivity index (χ1v) is 10.3. The first kappa shape index (κ1) is 21.5. The Morgan fingerprint density at radius 1 is 1.19 bits per heavy atom. The van der Waals surface area contributed by atoms with Crippen LogP contribution in [0.3, 0.4) is 0 Å². The van der Waals surface area contributed by atoms with Crippen molar-refractivity contribution in [1.82, 2.24) is 29.7 Å². The fourth-order valence-corrected chi connectivity index (χ4v) is 3.28. The van der Waals surface area contributed by atoms with Crippen LogP contribution >= 0.6 is 0 Å². The van der Waals surface area contributed by atoms with Gasteiger partial charge in [0.25, 0.3) is 5.56 Å². The highest BCUT2D eigenvalue weighted by Crippen LogP contribution is 2.17. The Morgan fingerprint density at radius 3 is 2.78 bits per heavy atom. The molecule has 0 aliphatic carbocycles. The van der Waals surface area contributed by atoms with E-state index in [0.717, 1.165) is 32.0 Å². The number of hydrogen-bond acceptors (Lipinski definition) is 9. The maximum Gasteiger partial charge on any atom is 0.254 e. The fourth-order valence-electron chi connectivity index (χ4n) is 3.28. The average molecular weight is 439 g/mol. The second kappa shape index (κ2) is 10.1. The van der Waals surface area contributed by atoms with Crippen molar-refractivity contribution >= 4 is 11.7 Å². The molecule has 1 N–H and O–H groups in total. The van der Waals surface area contributed by atoms with E-state index in [0.29, 0.717) is 17.3 Å². The molecule has 4 rings (SSSR count). The molecule has 32 heavy (non-hydrogen) atoms. The van der Waals surface area contributed by atoms with Crippen LogP contribution in [0.1, 0.15) is 0 Å². The molecule has 1 aliphatic rings. The lowest BCUT2D eigenvalue weighted by atomic mass is 10.3. The zero-order valence-electron chi connectivity index (χ0n) is 17.8. The maximum absolute atomic E-state index is 12.2. The first-order chi connectivity index (χ1) is 15.6. The van der Waals surface area contributed by atoms with Gasteiger partial charge in [-0.1, -0.05) is 0 Å². The summed E-state index contributed by atoms with van der Waals surface area (Å²) in [5.41, 5.74) is 0.0843. The van der Waals surface area contributed by atoms with E-state index in [1.54, 1.807) is 18.2 Å². The van der Waals surface area contributed by atoms with Gasteiger partial charge in [-0.3, -0.25) is 14.2 Å². The van der Waals surface area contributed by atoms with Gasteiger partial charge in [-0.15, -0.1) is 0 Å². The molecule has 1 amide bonds. The van der Waals surface area contributed by atoms with Gasteiger partial charge >= 0.3 is 0 Å². The predicted octanol–water partition coefficient (Wildman–Crippen LogP) is 0.240. The molecular weight excluding hydrogens is 414 g/mol. The minimum absolute atomic E-state index is 0.134. The molecule has 3 aromatic heterocycles. The van der Waals surface area contributed by atoms with Crippen LogP contribution in [0.25, 0.3) is 11.5 Å². The van der Waals surface area contributed by atoms with Gasteiger partial charge in [-0.2, -0.15) is 0 Å². The minimum atomic E-state index is -0.338. The lowest BCUT2D eigenvalue weighted by Crippen LogP contribution is -2.44. The normalized spacial score (nSPS) is 14.3. The van der Waals surface area contributed by atoms with Gasteiger partial charge < -0.3 is 24.3 Å². The van der Waals surface area contributed by atoms with Crippen molar-refractivity contribution in [3.05, 3.63) is 53.5 Å². The molecule has 0 radical (unpaired) electrons. The van der Waals surface area contributed by atoms with Crippen molar-refractivity contribution in [3.8, 4) is 17.3 Å². The van der Waals surface area contributed by atoms with Gasteiger partial charge in [0.15, 0.2) is 5.76 Å². The van der Waals surface area contributed by atoms with Crippen LogP contribution in [-0.2, 0) is 11.3 Å². The molecule has 1 aliphatic heterocycles. The highest BCUT2D eigenvalue weighted by atomic mass is 16.5. The molecule has 0 saturated carbocycles. The average Bonchev–Trinajstić information content (AvgIpc) is 3.34. The molecule has 0 spiro atoms. The number of furan rings is 1. The van der Waals surface area contributed by atoms with Gasteiger partial charge in [0.05, 0.1) is 19.1 Å². The highest BCUT2D eigenvalue weighted by Gasteiger charge is 2.16. The SMILES string of the molecule is CN1CCN(c2cc(OCCNC(=O)Cn3cnc(-c4ccco4)cc3=O)ncn2)CC1. The topological polar surface area (TPSA) is 119 Å². The van der Waals surface area contributed by atoms with Crippen molar-refractivity contribution in [2.24, 2.45) is 0 Å². The van der Waals surface area contributed by atoms with Gasteiger partial charge in [0.1, 0.15) is 31.0 Å². The van der Waals surface area contributed by atoms with Crippen molar-refractivity contribution in [2.75, 3.05) is 51.3 Å².